The maximum Gasteiger partial charge on any atom is 0.260 e. The van der Waals surface area contributed by atoms with Gasteiger partial charge in [0.15, 0.2) is 6.61 Å². The highest BCUT2D eigenvalue weighted by atomic mass is 79.9. The van der Waals surface area contributed by atoms with Crippen LogP contribution in [0.2, 0.25) is 0 Å². The summed E-state index contributed by atoms with van der Waals surface area (Å²) in [5.74, 6) is 0.769. The monoisotopic (exact) mass is 403 g/mol. The average Bonchev–Trinajstić information content (AvgIpc) is 2.46. The van der Waals surface area contributed by atoms with Crippen molar-refractivity contribution in [2.24, 2.45) is 0 Å². The first-order valence-electron chi connectivity index (χ1n) is 6.99. The van der Waals surface area contributed by atoms with E-state index in [2.05, 4.69) is 38.8 Å². The van der Waals surface area contributed by atoms with Crippen LogP contribution in [0.3, 0.4) is 0 Å². The van der Waals surface area contributed by atoms with Gasteiger partial charge in [-0.1, -0.05) is 13.0 Å². The second-order valence-electron chi connectivity index (χ2n) is 4.98. The van der Waals surface area contributed by atoms with Crippen LogP contribution in [0.5, 0.6) is 5.75 Å². The average molecular weight is 405 g/mol. The molecule has 1 heterocycles. The number of benzene rings is 1. The maximum absolute atomic E-state index is 12.3. The van der Waals surface area contributed by atoms with Gasteiger partial charge in [-0.2, -0.15) is 0 Å². The number of para-hydroxylation sites is 1. The molecule has 1 unspecified atom stereocenters. The van der Waals surface area contributed by atoms with Crippen molar-refractivity contribution in [3.05, 3.63) is 27.1 Å². The second-order valence-corrected chi connectivity index (χ2v) is 6.69. The molecule has 5 heteroatoms. The van der Waals surface area contributed by atoms with Crippen LogP contribution in [0, 0.1) is 0 Å². The van der Waals surface area contributed by atoms with Gasteiger partial charge in [0, 0.05) is 12.6 Å². The second kappa shape index (κ2) is 7.46. The summed E-state index contributed by atoms with van der Waals surface area (Å²) in [5, 5.41) is 0. The zero-order chi connectivity index (χ0) is 14.5. The van der Waals surface area contributed by atoms with Crippen molar-refractivity contribution in [1.29, 1.82) is 0 Å². The Morgan fingerprint density at radius 1 is 1.35 bits per heavy atom. The van der Waals surface area contributed by atoms with Crippen LogP contribution in [0.15, 0.2) is 27.1 Å². The molecule has 20 heavy (non-hydrogen) atoms. The summed E-state index contributed by atoms with van der Waals surface area (Å²) in [6.45, 7) is 3.09. The molecular weight excluding hydrogens is 386 g/mol. The normalized spacial score (nSPS) is 18.9. The lowest BCUT2D eigenvalue weighted by atomic mass is 10.00. The van der Waals surface area contributed by atoms with E-state index in [-0.39, 0.29) is 12.5 Å². The lowest BCUT2D eigenvalue weighted by Gasteiger charge is -2.35. The fourth-order valence-corrected chi connectivity index (χ4v) is 3.82. The summed E-state index contributed by atoms with van der Waals surface area (Å²) in [4.78, 5) is 14.3. The fourth-order valence-electron chi connectivity index (χ4n) is 2.59. The number of carbonyl (C=O) groups is 1. The molecule has 1 atom stereocenters. The molecule has 0 N–H and O–H groups in total. The molecule has 1 aromatic rings. The molecule has 1 saturated heterocycles. The van der Waals surface area contributed by atoms with E-state index < -0.39 is 0 Å². The first kappa shape index (κ1) is 15.8. The van der Waals surface area contributed by atoms with Crippen LogP contribution in [0.4, 0.5) is 0 Å². The van der Waals surface area contributed by atoms with Gasteiger partial charge in [0.25, 0.3) is 5.91 Å². The fraction of sp³-hybridized carbons (Fsp3) is 0.533. The zero-order valence-corrected chi connectivity index (χ0v) is 14.7. The minimum atomic E-state index is 0.0826. The highest BCUT2D eigenvalue weighted by Crippen LogP contribution is 2.33. The van der Waals surface area contributed by atoms with E-state index in [0.29, 0.717) is 11.8 Å². The number of piperidine rings is 1. The van der Waals surface area contributed by atoms with E-state index in [4.69, 9.17) is 4.74 Å². The van der Waals surface area contributed by atoms with E-state index in [0.717, 1.165) is 34.8 Å². The van der Waals surface area contributed by atoms with Crippen LogP contribution < -0.4 is 4.74 Å². The number of hydrogen-bond donors (Lipinski definition) is 0. The van der Waals surface area contributed by atoms with Crippen molar-refractivity contribution in [3.8, 4) is 5.75 Å². The lowest BCUT2D eigenvalue weighted by molar-refractivity contribution is -0.137. The Bertz CT molecular complexity index is 459. The van der Waals surface area contributed by atoms with Gasteiger partial charge in [-0.3, -0.25) is 4.79 Å². The van der Waals surface area contributed by atoms with Gasteiger partial charge in [-0.15, -0.1) is 0 Å². The molecule has 1 aromatic carbocycles. The van der Waals surface area contributed by atoms with Gasteiger partial charge in [0.2, 0.25) is 0 Å². The molecular formula is C15H19Br2NO2. The minimum Gasteiger partial charge on any atom is -0.481 e. The summed E-state index contributed by atoms with van der Waals surface area (Å²) in [6, 6.07) is 6.10. The topological polar surface area (TPSA) is 29.5 Å². The molecule has 0 bridgehead atoms. The Morgan fingerprint density at radius 3 is 2.70 bits per heavy atom. The van der Waals surface area contributed by atoms with Crippen LogP contribution in [-0.4, -0.2) is 30.0 Å². The van der Waals surface area contributed by atoms with Gasteiger partial charge < -0.3 is 9.64 Å². The van der Waals surface area contributed by atoms with Crippen LogP contribution in [0.1, 0.15) is 32.6 Å². The predicted molar refractivity (Wildman–Crippen MR) is 87.0 cm³/mol. The number of likely N-dealkylation sites (tertiary alicyclic amines) is 1. The third-order valence-corrected chi connectivity index (χ3v) is 4.93. The quantitative estimate of drug-likeness (QED) is 0.745. The van der Waals surface area contributed by atoms with Crippen LogP contribution in [-0.2, 0) is 4.79 Å². The first-order valence-corrected chi connectivity index (χ1v) is 8.58. The highest BCUT2D eigenvalue weighted by Gasteiger charge is 2.25. The van der Waals surface area contributed by atoms with E-state index in [1.165, 1.54) is 6.42 Å². The maximum atomic E-state index is 12.3. The number of hydrogen-bond acceptors (Lipinski definition) is 2. The molecule has 0 saturated carbocycles. The standard InChI is InChI=1S/C15H19Br2NO2/c1-2-11-6-3-4-9-18(11)14(19)10-20-15-12(16)7-5-8-13(15)17/h5,7-8,11H,2-4,6,9-10H2,1H3. The Morgan fingerprint density at radius 2 is 2.05 bits per heavy atom. The molecule has 0 radical (unpaired) electrons. The molecule has 1 aliphatic heterocycles. The Kier molecular flexibility index (Phi) is 5.90. The van der Waals surface area contributed by atoms with Gasteiger partial charge >= 0.3 is 0 Å². The number of amides is 1. The number of halogens is 2. The van der Waals surface area contributed by atoms with Crippen LogP contribution >= 0.6 is 31.9 Å². The van der Waals surface area contributed by atoms with Gasteiger partial charge in [0.05, 0.1) is 8.95 Å². The molecule has 2 rings (SSSR count). The van der Waals surface area contributed by atoms with Crippen molar-refractivity contribution in [1.82, 2.24) is 4.90 Å². The first-order chi connectivity index (χ1) is 9.63. The third-order valence-electron chi connectivity index (χ3n) is 3.68. The zero-order valence-electron chi connectivity index (χ0n) is 11.6. The molecule has 0 aromatic heterocycles. The summed E-state index contributed by atoms with van der Waals surface area (Å²) >= 11 is 6.88. The Balaban J connectivity index is 1.98. The summed E-state index contributed by atoms with van der Waals surface area (Å²) in [5.41, 5.74) is 0. The molecule has 3 nitrogen and oxygen atoms in total. The van der Waals surface area contributed by atoms with Crippen molar-refractivity contribution in [3.63, 3.8) is 0 Å². The SMILES string of the molecule is CCC1CCCCN1C(=O)COc1c(Br)cccc1Br. The van der Waals surface area contributed by atoms with E-state index in [1.807, 2.05) is 23.1 Å². The van der Waals surface area contributed by atoms with Crippen molar-refractivity contribution in [2.45, 2.75) is 38.6 Å². The van der Waals surface area contributed by atoms with E-state index >= 15 is 0 Å². The number of rotatable bonds is 4. The van der Waals surface area contributed by atoms with E-state index in [9.17, 15) is 4.79 Å². The summed E-state index contributed by atoms with van der Waals surface area (Å²) in [7, 11) is 0. The molecule has 1 fully saturated rings. The highest BCUT2D eigenvalue weighted by molar-refractivity contribution is 9.11. The van der Waals surface area contributed by atoms with Crippen molar-refractivity contribution in [2.75, 3.05) is 13.2 Å². The van der Waals surface area contributed by atoms with Crippen LogP contribution in [0.25, 0.3) is 0 Å². The molecule has 1 aliphatic rings. The summed E-state index contributed by atoms with van der Waals surface area (Å²) < 4.78 is 7.39. The van der Waals surface area contributed by atoms with Crippen molar-refractivity contribution < 1.29 is 9.53 Å². The third kappa shape index (κ3) is 3.76. The smallest absolute Gasteiger partial charge is 0.260 e. The van der Waals surface area contributed by atoms with Gasteiger partial charge in [-0.05, 0) is 69.7 Å². The molecule has 0 spiro atoms. The Labute approximate surface area is 136 Å². The predicted octanol–water partition coefficient (Wildman–Crippen LogP) is 4.38. The number of nitrogens with zero attached hydrogens (tertiary/aromatic N) is 1. The van der Waals surface area contributed by atoms with Gasteiger partial charge in [-0.25, -0.2) is 0 Å². The molecule has 110 valence electrons. The largest absolute Gasteiger partial charge is 0.481 e. The number of carbonyl (C=O) groups excluding carboxylic acids is 1. The summed E-state index contributed by atoms with van der Waals surface area (Å²) in [6.07, 6.45) is 4.45. The van der Waals surface area contributed by atoms with Gasteiger partial charge in [0.1, 0.15) is 5.75 Å². The molecule has 0 aliphatic carbocycles. The lowest BCUT2D eigenvalue weighted by Crippen LogP contribution is -2.45. The number of ether oxygens (including phenoxy) is 1. The van der Waals surface area contributed by atoms with E-state index in [1.54, 1.807) is 0 Å². The van der Waals surface area contributed by atoms with Crippen molar-refractivity contribution >= 4 is 37.8 Å². The Hall–Kier alpha value is -0.550. The minimum absolute atomic E-state index is 0.0826. The molecule has 1 amide bonds.